The van der Waals surface area contributed by atoms with Gasteiger partial charge >= 0.3 is 0 Å². The second-order valence-electron chi connectivity index (χ2n) is 5.67. The Balaban J connectivity index is 2.59. The summed E-state index contributed by atoms with van der Waals surface area (Å²) < 4.78 is 0. The molecule has 0 amide bonds. The van der Waals surface area contributed by atoms with Crippen LogP contribution in [0, 0.1) is 17.3 Å². The largest absolute Gasteiger partial charge is 0.300 e. The maximum atomic E-state index is 11.7. The van der Waals surface area contributed by atoms with Gasteiger partial charge in [-0.05, 0) is 30.1 Å². The Morgan fingerprint density at radius 2 is 2.13 bits per heavy atom. The third-order valence-corrected chi connectivity index (χ3v) is 3.82. The molecule has 0 spiro atoms. The molecule has 1 aliphatic carbocycles. The number of ketones is 1. The summed E-state index contributed by atoms with van der Waals surface area (Å²) >= 11 is 0. The van der Waals surface area contributed by atoms with E-state index in [1.807, 2.05) is 0 Å². The van der Waals surface area contributed by atoms with Crippen LogP contribution >= 0.6 is 0 Å². The Morgan fingerprint density at radius 3 is 2.67 bits per heavy atom. The first kappa shape index (κ1) is 12.7. The van der Waals surface area contributed by atoms with Crippen LogP contribution < -0.4 is 0 Å². The lowest BCUT2D eigenvalue weighted by Crippen LogP contribution is -2.33. The fraction of sp³-hybridized carbons (Fsp3) is 0.857. The third-order valence-electron chi connectivity index (χ3n) is 3.82. The molecule has 0 saturated heterocycles. The van der Waals surface area contributed by atoms with Gasteiger partial charge in [-0.25, -0.2) is 0 Å². The van der Waals surface area contributed by atoms with Crippen molar-refractivity contribution in [1.29, 1.82) is 0 Å². The van der Waals surface area contributed by atoms with E-state index in [0.717, 1.165) is 19.3 Å². The monoisotopic (exact) mass is 209 g/mol. The van der Waals surface area contributed by atoms with Crippen LogP contribution in [0.5, 0.6) is 0 Å². The molecule has 1 saturated carbocycles. The molecule has 0 aliphatic heterocycles. The molecule has 1 unspecified atom stereocenters. The summed E-state index contributed by atoms with van der Waals surface area (Å²) in [4.78, 5) is 11.7. The topological polar surface area (TPSA) is 17.1 Å². The molecule has 1 heteroatoms. The summed E-state index contributed by atoms with van der Waals surface area (Å²) in [5.41, 5.74) is 0.293. The molecule has 1 radical (unpaired) electrons. The summed E-state index contributed by atoms with van der Waals surface area (Å²) in [7, 11) is 0. The molecule has 1 fully saturated rings. The normalized spacial score (nSPS) is 26.5. The van der Waals surface area contributed by atoms with Gasteiger partial charge in [0.15, 0.2) is 0 Å². The Labute approximate surface area is 94.6 Å². The highest BCUT2D eigenvalue weighted by Gasteiger charge is 2.37. The highest BCUT2D eigenvalue weighted by Crippen LogP contribution is 2.47. The van der Waals surface area contributed by atoms with Crippen LogP contribution in [-0.2, 0) is 4.79 Å². The first-order valence-corrected chi connectivity index (χ1v) is 6.35. The van der Waals surface area contributed by atoms with E-state index in [4.69, 9.17) is 0 Å². The lowest BCUT2D eigenvalue weighted by atomic mass is 9.62. The lowest BCUT2D eigenvalue weighted by molar-refractivity contribution is -0.119. The Bertz CT molecular complexity index is 217. The van der Waals surface area contributed by atoms with Gasteiger partial charge in [0.05, 0.1) is 0 Å². The van der Waals surface area contributed by atoms with Gasteiger partial charge in [0, 0.05) is 12.8 Å². The van der Waals surface area contributed by atoms with Gasteiger partial charge in [0.2, 0.25) is 0 Å². The van der Waals surface area contributed by atoms with Gasteiger partial charge in [-0.1, -0.05) is 40.5 Å². The van der Waals surface area contributed by atoms with Gasteiger partial charge in [-0.2, -0.15) is 0 Å². The van der Waals surface area contributed by atoms with E-state index < -0.39 is 0 Å². The molecule has 0 bridgehead atoms. The molecular formula is C14H25O. The Kier molecular flexibility index (Phi) is 4.36. The smallest absolute Gasteiger partial charge is 0.133 e. The van der Waals surface area contributed by atoms with Crippen molar-refractivity contribution in [1.82, 2.24) is 0 Å². The summed E-state index contributed by atoms with van der Waals surface area (Å²) in [6.07, 6.45) is 6.33. The fourth-order valence-corrected chi connectivity index (χ4v) is 2.85. The fourth-order valence-electron chi connectivity index (χ4n) is 2.85. The highest BCUT2D eigenvalue weighted by molar-refractivity contribution is 5.80. The minimum absolute atomic E-state index is 0.293. The van der Waals surface area contributed by atoms with Crippen LogP contribution in [0.4, 0.5) is 0 Å². The lowest BCUT2D eigenvalue weighted by Gasteiger charge is -2.42. The summed E-state index contributed by atoms with van der Waals surface area (Å²) in [6.45, 7) is 8.97. The van der Waals surface area contributed by atoms with Crippen molar-refractivity contribution >= 4 is 5.78 Å². The molecule has 1 nitrogen and oxygen atoms in total. The number of hydrogen-bond donors (Lipinski definition) is 0. The molecule has 0 aromatic carbocycles. The van der Waals surface area contributed by atoms with Crippen molar-refractivity contribution in [3.05, 3.63) is 5.92 Å². The van der Waals surface area contributed by atoms with E-state index in [-0.39, 0.29) is 0 Å². The van der Waals surface area contributed by atoms with Crippen LogP contribution in [-0.4, -0.2) is 5.78 Å². The van der Waals surface area contributed by atoms with Crippen LogP contribution in [0.25, 0.3) is 0 Å². The number of Topliss-reactive ketones (excluding diaryl/α,β-unsaturated/α-hetero) is 1. The number of carbonyl (C=O) groups is 1. The van der Waals surface area contributed by atoms with Crippen LogP contribution in [0.3, 0.4) is 0 Å². The molecule has 0 heterocycles. The van der Waals surface area contributed by atoms with Crippen LogP contribution in [0.2, 0.25) is 0 Å². The van der Waals surface area contributed by atoms with E-state index in [9.17, 15) is 4.79 Å². The first-order chi connectivity index (χ1) is 6.97. The summed E-state index contributed by atoms with van der Waals surface area (Å²) in [5, 5.41) is 0. The zero-order valence-corrected chi connectivity index (χ0v) is 10.7. The molecular weight excluding hydrogens is 184 g/mol. The molecule has 0 aromatic rings. The van der Waals surface area contributed by atoms with E-state index in [1.165, 1.54) is 25.2 Å². The van der Waals surface area contributed by atoms with Gasteiger partial charge < -0.3 is 0 Å². The third kappa shape index (κ3) is 3.32. The number of hydrogen-bond acceptors (Lipinski definition) is 1. The first-order valence-electron chi connectivity index (χ1n) is 6.35. The van der Waals surface area contributed by atoms with Gasteiger partial charge in [-0.15, -0.1) is 0 Å². The SMILES string of the molecule is CCCC(=O)C[C]1C(C)CCCC1(C)C. The quantitative estimate of drug-likeness (QED) is 0.679. The van der Waals surface area contributed by atoms with Crippen molar-refractivity contribution in [2.75, 3.05) is 0 Å². The Morgan fingerprint density at radius 1 is 1.47 bits per heavy atom. The number of carbonyl (C=O) groups excluding carboxylic acids is 1. The van der Waals surface area contributed by atoms with Crippen molar-refractivity contribution in [2.24, 2.45) is 11.3 Å². The molecule has 0 N–H and O–H groups in total. The molecule has 87 valence electrons. The molecule has 0 aromatic heterocycles. The van der Waals surface area contributed by atoms with Gasteiger partial charge in [0.25, 0.3) is 0 Å². The van der Waals surface area contributed by atoms with Crippen LogP contribution in [0.15, 0.2) is 0 Å². The van der Waals surface area contributed by atoms with E-state index >= 15 is 0 Å². The molecule has 1 atom stereocenters. The van der Waals surface area contributed by atoms with Gasteiger partial charge in [0.1, 0.15) is 5.78 Å². The second kappa shape index (κ2) is 5.14. The average Bonchev–Trinajstić information content (AvgIpc) is 2.12. The molecule has 1 aliphatic rings. The zero-order chi connectivity index (χ0) is 11.5. The van der Waals surface area contributed by atoms with Crippen molar-refractivity contribution in [3.63, 3.8) is 0 Å². The van der Waals surface area contributed by atoms with Gasteiger partial charge in [-0.3, -0.25) is 4.79 Å². The van der Waals surface area contributed by atoms with E-state index in [2.05, 4.69) is 27.7 Å². The summed E-state index contributed by atoms with van der Waals surface area (Å²) in [6, 6.07) is 0. The van der Waals surface area contributed by atoms with Crippen molar-refractivity contribution < 1.29 is 4.79 Å². The predicted octanol–water partition coefficient (Wildman–Crippen LogP) is 4.17. The highest BCUT2D eigenvalue weighted by atomic mass is 16.1. The van der Waals surface area contributed by atoms with Crippen LogP contribution in [0.1, 0.15) is 66.2 Å². The Hall–Kier alpha value is -0.330. The standard InChI is InChI=1S/C14H25O/c1-5-7-12(15)10-13-11(2)8-6-9-14(13,3)4/h11H,5-10H2,1-4H3. The maximum Gasteiger partial charge on any atom is 0.133 e. The summed E-state index contributed by atoms with van der Waals surface area (Å²) in [5.74, 6) is 2.59. The molecule has 15 heavy (non-hydrogen) atoms. The predicted molar refractivity (Wildman–Crippen MR) is 64.6 cm³/mol. The minimum atomic E-state index is 0.293. The van der Waals surface area contributed by atoms with Crippen molar-refractivity contribution in [2.45, 2.75) is 66.2 Å². The average molecular weight is 209 g/mol. The zero-order valence-electron chi connectivity index (χ0n) is 10.7. The number of rotatable bonds is 4. The second-order valence-corrected chi connectivity index (χ2v) is 5.67. The maximum absolute atomic E-state index is 11.7. The molecule has 1 rings (SSSR count). The van der Waals surface area contributed by atoms with E-state index in [0.29, 0.717) is 17.1 Å². The minimum Gasteiger partial charge on any atom is -0.300 e. The van der Waals surface area contributed by atoms with E-state index in [1.54, 1.807) is 0 Å². The van der Waals surface area contributed by atoms with Crippen molar-refractivity contribution in [3.8, 4) is 0 Å².